The first-order chi connectivity index (χ1) is 38.9. The molecule has 14 aromatic carbocycles. The summed E-state index contributed by atoms with van der Waals surface area (Å²) in [5.74, 6) is 0. The van der Waals surface area contributed by atoms with Crippen molar-refractivity contribution in [3.8, 4) is 11.1 Å². The third-order valence-electron chi connectivity index (χ3n) is 17.3. The van der Waals surface area contributed by atoms with E-state index in [0.717, 1.165) is 78.0 Å². The van der Waals surface area contributed by atoms with E-state index >= 15 is 0 Å². The van der Waals surface area contributed by atoms with Gasteiger partial charge in [-0.15, -0.1) is 0 Å². The van der Waals surface area contributed by atoms with E-state index in [4.69, 9.17) is 8.83 Å². The van der Waals surface area contributed by atoms with Gasteiger partial charge in [0.05, 0.1) is 11.4 Å². The lowest BCUT2D eigenvalue weighted by Gasteiger charge is -2.37. The van der Waals surface area contributed by atoms with E-state index in [9.17, 15) is 0 Å². The Labute approximate surface area is 455 Å². The standard InChI is InChI=1S/C75H48N2O2/c1-75(2)66-23-11-20-59-64-43-52(76(68-24-12-21-60-57-18-7-9-26-70(57)78-73(60)68)50-35-32-47-30-28-45-14-3-5-16-54(45)62(47)41-50)37-34-49(64)40-65(72(59)66)56-39-38-53(44-67(56)75)77(69-25-13-22-61-58-19-8-10-27-71(58)79-74(61)69)51-36-33-48-31-29-46-15-4-6-17-55(46)63(48)42-51/h3-44H,1-2H3. The van der Waals surface area contributed by atoms with Crippen LogP contribution in [0, 0.1) is 0 Å². The lowest BCUT2D eigenvalue weighted by molar-refractivity contribution is 0.645. The Morgan fingerprint density at radius 3 is 1.24 bits per heavy atom. The van der Waals surface area contributed by atoms with Gasteiger partial charge >= 0.3 is 0 Å². The molecule has 0 unspecified atom stereocenters. The summed E-state index contributed by atoms with van der Waals surface area (Å²) in [6.45, 7) is 4.80. The van der Waals surface area contributed by atoms with Gasteiger partial charge in [-0.05, 0) is 166 Å². The number of furan rings is 2. The van der Waals surface area contributed by atoms with Gasteiger partial charge in [-0.3, -0.25) is 0 Å². The van der Waals surface area contributed by atoms with Crippen molar-refractivity contribution in [3.05, 3.63) is 266 Å². The summed E-state index contributed by atoms with van der Waals surface area (Å²) in [5, 5.41) is 19.1. The maximum absolute atomic E-state index is 6.83. The molecule has 0 amide bonds. The fraction of sp³-hybridized carbons (Fsp3) is 0.0400. The van der Waals surface area contributed by atoms with Crippen LogP contribution in [-0.2, 0) is 5.41 Å². The molecule has 17 rings (SSSR count). The van der Waals surface area contributed by atoms with Crippen molar-refractivity contribution in [3.63, 3.8) is 0 Å². The molecule has 0 N–H and O–H groups in total. The van der Waals surface area contributed by atoms with E-state index < -0.39 is 0 Å². The summed E-state index contributed by atoms with van der Waals surface area (Å²) in [6, 6.07) is 93.4. The number of benzene rings is 14. The Bertz CT molecular complexity index is 5270. The summed E-state index contributed by atoms with van der Waals surface area (Å²) >= 11 is 0. The molecule has 2 heterocycles. The number of nitrogens with zero attached hydrogens (tertiary/aromatic N) is 2. The van der Waals surface area contributed by atoms with Crippen molar-refractivity contribution in [2.75, 3.05) is 9.80 Å². The van der Waals surface area contributed by atoms with E-state index in [2.05, 4.69) is 272 Å². The molecule has 0 radical (unpaired) electrons. The summed E-state index contributed by atoms with van der Waals surface area (Å²) in [6.07, 6.45) is 0. The Balaban J connectivity index is 0.864. The van der Waals surface area contributed by atoms with Crippen LogP contribution in [0.4, 0.5) is 34.1 Å². The lowest BCUT2D eigenvalue weighted by atomic mass is 9.68. The van der Waals surface area contributed by atoms with Crippen LogP contribution in [0.25, 0.3) is 120 Å². The molecule has 1 aliphatic carbocycles. The Morgan fingerprint density at radius 1 is 0.278 bits per heavy atom. The van der Waals surface area contributed by atoms with Gasteiger partial charge in [-0.1, -0.05) is 190 Å². The molecule has 2 aromatic heterocycles. The van der Waals surface area contributed by atoms with E-state index in [1.165, 1.54) is 86.9 Å². The molecule has 0 aliphatic heterocycles. The van der Waals surface area contributed by atoms with Crippen molar-refractivity contribution in [2.45, 2.75) is 19.3 Å². The number of fused-ring (bicyclic) bond motifs is 16. The van der Waals surface area contributed by atoms with Crippen molar-refractivity contribution in [1.29, 1.82) is 0 Å². The van der Waals surface area contributed by atoms with E-state index in [1.807, 2.05) is 6.07 Å². The van der Waals surface area contributed by atoms with Gasteiger partial charge in [0, 0.05) is 49.7 Å². The maximum Gasteiger partial charge on any atom is 0.159 e. The fourth-order valence-electron chi connectivity index (χ4n) is 13.6. The van der Waals surface area contributed by atoms with Gasteiger partial charge < -0.3 is 18.6 Å². The molecular formula is C75H48N2O2. The second-order valence-electron chi connectivity index (χ2n) is 22.0. The highest BCUT2D eigenvalue weighted by molar-refractivity contribution is 6.19. The molecule has 0 atom stereocenters. The minimum Gasteiger partial charge on any atom is -0.454 e. The average molecular weight is 1010 g/mol. The van der Waals surface area contributed by atoms with Crippen LogP contribution < -0.4 is 9.80 Å². The van der Waals surface area contributed by atoms with E-state index in [0.29, 0.717) is 0 Å². The van der Waals surface area contributed by atoms with Crippen molar-refractivity contribution >= 4 is 143 Å². The smallest absolute Gasteiger partial charge is 0.159 e. The Kier molecular flexibility index (Phi) is 9.15. The van der Waals surface area contributed by atoms with Crippen LogP contribution in [0.1, 0.15) is 25.0 Å². The first kappa shape index (κ1) is 44.0. The van der Waals surface area contributed by atoms with Crippen LogP contribution in [0.5, 0.6) is 0 Å². The van der Waals surface area contributed by atoms with E-state index in [-0.39, 0.29) is 5.41 Å². The molecule has 0 bridgehead atoms. The molecule has 0 saturated carbocycles. The van der Waals surface area contributed by atoms with Crippen LogP contribution in [0.2, 0.25) is 0 Å². The van der Waals surface area contributed by atoms with E-state index in [1.54, 1.807) is 0 Å². The molecule has 1 aliphatic rings. The second kappa shape index (κ2) is 16.4. The van der Waals surface area contributed by atoms with Gasteiger partial charge in [0.1, 0.15) is 11.2 Å². The summed E-state index contributed by atoms with van der Waals surface area (Å²) < 4.78 is 13.7. The van der Waals surface area contributed by atoms with Gasteiger partial charge in [-0.2, -0.15) is 0 Å². The molecule has 79 heavy (non-hydrogen) atoms. The summed E-state index contributed by atoms with van der Waals surface area (Å²) in [5.41, 5.74) is 14.4. The number of hydrogen-bond acceptors (Lipinski definition) is 4. The zero-order valence-corrected chi connectivity index (χ0v) is 43.5. The topological polar surface area (TPSA) is 32.8 Å². The third kappa shape index (κ3) is 6.43. The van der Waals surface area contributed by atoms with Crippen LogP contribution in [0.3, 0.4) is 0 Å². The van der Waals surface area contributed by atoms with Crippen LogP contribution >= 0.6 is 0 Å². The Morgan fingerprint density at radius 2 is 0.684 bits per heavy atom. The van der Waals surface area contributed by atoms with Crippen molar-refractivity contribution in [2.24, 2.45) is 0 Å². The molecule has 16 aromatic rings. The van der Waals surface area contributed by atoms with Gasteiger partial charge in [0.2, 0.25) is 0 Å². The minimum absolute atomic E-state index is 0.364. The van der Waals surface area contributed by atoms with Crippen molar-refractivity contribution in [1.82, 2.24) is 0 Å². The molecule has 370 valence electrons. The van der Waals surface area contributed by atoms with Gasteiger partial charge in [0.25, 0.3) is 0 Å². The highest BCUT2D eigenvalue weighted by atomic mass is 16.3. The quantitative estimate of drug-likeness (QED) is 0.155. The number of anilines is 6. The fourth-order valence-corrected chi connectivity index (χ4v) is 13.6. The first-order valence-electron chi connectivity index (χ1n) is 27.3. The Hall–Kier alpha value is -10.2. The van der Waals surface area contributed by atoms with Gasteiger partial charge in [0.15, 0.2) is 11.2 Å². The molecule has 0 saturated heterocycles. The first-order valence-corrected chi connectivity index (χ1v) is 27.3. The maximum atomic E-state index is 6.83. The number of hydrogen-bond donors (Lipinski definition) is 0. The SMILES string of the molecule is CC1(C)c2cc(N(c3ccc4ccc5ccccc5c4c3)c3cccc4c3oc3ccccc34)ccc2-c2cc3ccc(N(c4ccc5ccc6ccccc6c5c4)c4cccc5c4oc4ccccc45)cc3c3cccc1c23. The zero-order valence-electron chi connectivity index (χ0n) is 43.5. The predicted molar refractivity (Wildman–Crippen MR) is 333 cm³/mol. The highest BCUT2D eigenvalue weighted by Crippen LogP contribution is 2.54. The van der Waals surface area contributed by atoms with Crippen LogP contribution in [0.15, 0.2) is 264 Å². The number of para-hydroxylation sites is 4. The molecule has 0 spiro atoms. The molecule has 4 nitrogen and oxygen atoms in total. The highest BCUT2D eigenvalue weighted by Gasteiger charge is 2.35. The monoisotopic (exact) mass is 1010 g/mol. The molecule has 4 heteroatoms. The van der Waals surface area contributed by atoms with Crippen LogP contribution in [-0.4, -0.2) is 0 Å². The number of rotatable bonds is 6. The zero-order chi connectivity index (χ0) is 52.1. The average Bonchev–Trinajstić information content (AvgIpc) is 4.24. The molecule has 0 fully saturated rings. The molecular weight excluding hydrogens is 961 g/mol. The summed E-state index contributed by atoms with van der Waals surface area (Å²) in [7, 11) is 0. The van der Waals surface area contributed by atoms with Gasteiger partial charge in [-0.25, -0.2) is 0 Å². The normalized spacial score (nSPS) is 13.0. The summed E-state index contributed by atoms with van der Waals surface area (Å²) in [4.78, 5) is 4.81. The van der Waals surface area contributed by atoms with Crippen molar-refractivity contribution < 1.29 is 8.83 Å². The minimum atomic E-state index is -0.364. The predicted octanol–water partition coefficient (Wildman–Crippen LogP) is 21.7. The lowest BCUT2D eigenvalue weighted by Crippen LogP contribution is -2.24. The third-order valence-corrected chi connectivity index (χ3v) is 17.3. The largest absolute Gasteiger partial charge is 0.454 e. The second-order valence-corrected chi connectivity index (χ2v) is 22.0.